The number of amides is 2. The summed E-state index contributed by atoms with van der Waals surface area (Å²) in [6.07, 6.45) is 3.09. The Morgan fingerprint density at radius 3 is 3.12 bits per heavy atom. The van der Waals surface area contributed by atoms with E-state index in [1.807, 2.05) is 5.38 Å². The topological polar surface area (TPSA) is 65.5 Å². The van der Waals surface area contributed by atoms with Crippen LogP contribution in [0.5, 0.6) is 0 Å². The van der Waals surface area contributed by atoms with E-state index in [2.05, 4.69) is 10.3 Å². The van der Waals surface area contributed by atoms with Gasteiger partial charge < -0.3 is 10.0 Å². The van der Waals surface area contributed by atoms with Crippen molar-refractivity contribution in [3.63, 3.8) is 0 Å². The third-order valence-electron chi connectivity index (χ3n) is 3.36. The number of hydrogen-bond acceptors (Lipinski definition) is 4. The lowest BCUT2D eigenvalue weighted by molar-refractivity contribution is 0.0766. The predicted molar refractivity (Wildman–Crippen MR) is 60.4 cm³/mol. The number of carbonyl (C=O) groups excluding carboxylic acids is 1. The molecule has 86 valence electrons. The van der Waals surface area contributed by atoms with Crippen molar-refractivity contribution >= 4 is 22.5 Å². The molecule has 0 aromatic carbocycles. The third-order valence-corrected chi connectivity index (χ3v) is 4.04. The number of aliphatic hydroxyl groups is 1. The second kappa shape index (κ2) is 3.71. The molecule has 1 saturated heterocycles. The van der Waals surface area contributed by atoms with E-state index >= 15 is 0 Å². The van der Waals surface area contributed by atoms with E-state index in [0.29, 0.717) is 11.0 Å². The summed E-state index contributed by atoms with van der Waals surface area (Å²) in [7, 11) is 0. The number of urea groups is 1. The number of thiazole rings is 1. The van der Waals surface area contributed by atoms with Gasteiger partial charge in [0.1, 0.15) is 0 Å². The molecule has 2 N–H and O–H groups in total. The molecular weight excluding hydrogens is 226 g/mol. The quantitative estimate of drug-likeness (QED) is 0.772. The van der Waals surface area contributed by atoms with Crippen LogP contribution in [-0.4, -0.2) is 39.7 Å². The monoisotopic (exact) mass is 239 g/mol. The van der Waals surface area contributed by atoms with Crippen LogP contribution in [0.3, 0.4) is 0 Å². The molecule has 1 saturated carbocycles. The van der Waals surface area contributed by atoms with Crippen molar-refractivity contribution < 1.29 is 9.90 Å². The van der Waals surface area contributed by atoms with Gasteiger partial charge in [-0.2, -0.15) is 0 Å². The van der Waals surface area contributed by atoms with Crippen LogP contribution in [0.25, 0.3) is 0 Å². The highest BCUT2D eigenvalue weighted by Gasteiger charge is 2.46. The number of hydrogen-bond donors (Lipinski definition) is 2. The largest absolute Gasteiger partial charge is 0.391 e. The van der Waals surface area contributed by atoms with E-state index in [1.165, 1.54) is 11.3 Å². The zero-order valence-corrected chi connectivity index (χ0v) is 9.48. The van der Waals surface area contributed by atoms with Gasteiger partial charge in [0.25, 0.3) is 0 Å². The van der Waals surface area contributed by atoms with Gasteiger partial charge in [0.05, 0.1) is 12.1 Å². The van der Waals surface area contributed by atoms with Crippen molar-refractivity contribution in [1.29, 1.82) is 0 Å². The summed E-state index contributed by atoms with van der Waals surface area (Å²) < 4.78 is 0. The first kappa shape index (κ1) is 10.0. The number of nitrogens with zero attached hydrogens (tertiary/aromatic N) is 2. The number of carbonyl (C=O) groups is 1. The minimum atomic E-state index is -0.346. The van der Waals surface area contributed by atoms with E-state index in [-0.39, 0.29) is 18.2 Å². The minimum Gasteiger partial charge on any atom is -0.391 e. The highest BCUT2D eigenvalue weighted by molar-refractivity contribution is 7.13. The van der Waals surface area contributed by atoms with Crippen LogP contribution in [-0.2, 0) is 0 Å². The van der Waals surface area contributed by atoms with Crippen molar-refractivity contribution in [1.82, 2.24) is 9.88 Å². The standard InChI is InChI=1S/C10H13N3O2S/c14-8-4-6-3-7(8)13(5-6)10(15)12-9-11-1-2-16-9/h1-2,6-8,14H,3-5H2,(H,11,12,15)/t6-,7+,8+/m0/s1. The van der Waals surface area contributed by atoms with Crippen LogP contribution in [0.1, 0.15) is 12.8 Å². The number of piperidine rings is 1. The molecule has 2 amide bonds. The number of anilines is 1. The van der Waals surface area contributed by atoms with Gasteiger partial charge in [-0.1, -0.05) is 0 Å². The smallest absolute Gasteiger partial charge is 0.323 e. The van der Waals surface area contributed by atoms with E-state index in [0.717, 1.165) is 19.4 Å². The van der Waals surface area contributed by atoms with Crippen molar-refractivity contribution in [2.45, 2.75) is 25.0 Å². The first-order valence-corrected chi connectivity index (χ1v) is 6.27. The van der Waals surface area contributed by atoms with Crippen molar-refractivity contribution in [2.75, 3.05) is 11.9 Å². The average Bonchev–Trinajstić information content (AvgIpc) is 2.91. The third kappa shape index (κ3) is 1.58. The number of likely N-dealkylation sites (tertiary alicyclic amines) is 1. The minimum absolute atomic E-state index is 0.00459. The van der Waals surface area contributed by atoms with Gasteiger partial charge in [-0.25, -0.2) is 9.78 Å². The first-order chi connectivity index (χ1) is 7.74. The molecule has 0 spiro atoms. The zero-order chi connectivity index (χ0) is 11.1. The summed E-state index contributed by atoms with van der Waals surface area (Å²) >= 11 is 1.40. The normalized spacial score (nSPS) is 32.1. The number of nitrogens with one attached hydrogen (secondary N) is 1. The fourth-order valence-corrected chi connectivity index (χ4v) is 3.19. The fraction of sp³-hybridized carbons (Fsp3) is 0.600. The number of fused-ring (bicyclic) bond motifs is 2. The molecular formula is C10H13N3O2S. The summed E-state index contributed by atoms with van der Waals surface area (Å²) in [5.41, 5.74) is 0. The van der Waals surface area contributed by atoms with Gasteiger partial charge in [0.2, 0.25) is 0 Å². The molecule has 1 aliphatic carbocycles. The number of rotatable bonds is 1. The van der Waals surface area contributed by atoms with Crippen LogP contribution in [0.2, 0.25) is 0 Å². The maximum Gasteiger partial charge on any atom is 0.323 e. The Morgan fingerprint density at radius 1 is 1.62 bits per heavy atom. The predicted octanol–water partition coefficient (Wildman–Crippen LogP) is 1.13. The molecule has 5 nitrogen and oxygen atoms in total. The lowest BCUT2D eigenvalue weighted by Crippen LogP contribution is -2.46. The molecule has 1 aromatic rings. The lowest BCUT2D eigenvalue weighted by atomic mass is 10.1. The first-order valence-electron chi connectivity index (χ1n) is 5.39. The molecule has 0 radical (unpaired) electrons. The highest BCUT2D eigenvalue weighted by Crippen LogP contribution is 2.37. The summed E-state index contributed by atoms with van der Waals surface area (Å²) in [6.45, 7) is 0.763. The Hall–Kier alpha value is -1.14. The second-order valence-corrected chi connectivity index (χ2v) is 5.29. The molecule has 2 aliphatic rings. The maximum absolute atomic E-state index is 11.9. The van der Waals surface area contributed by atoms with Crippen LogP contribution < -0.4 is 5.32 Å². The Kier molecular flexibility index (Phi) is 2.33. The van der Waals surface area contributed by atoms with E-state index in [9.17, 15) is 9.90 Å². The van der Waals surface area contributed by atoms with Crippen molar-refractivity contribution in [3.8, 4) is 0 Å². The van der Waals surface area contributed by atoms with Crippen LogP contribution in [0.4, 0.5) is 9.93 Å². The van der Waals surface area contributed by atoms with Gasteiger partial charge in [0, 0.05) is 18.1 Å². The van der Waals surface area contributed by atoms with Crippen molar-refractivity contribution in [2.24, 2.45) is 5.92 Å². The summed E-state index contributed by atoms with van der Waals surface area (Å²) in [4.78, 5) is 17.7. The SMILES string of the molecule is O=C(Nc1nccs1)N1C[C@@H]2C[C@@H](O)[C@H]1C2. The Balaban J connectivity index is 1.68. The van der Waals surface area contributed by atoms with Crippen LogP contribution >= 0.6 is 11.3 Å². The average molecular weight is 239 g/mol. The molecule has 6 heteroatoms. The Bertz CT molecular complexity index is 395. The van der Waals surface area contributed by atoms with Gasteiger partial charge in [-0.05, 0) is 18.8 Å². The molecule has 2 bridgehead atoms. The van der Waals surface area contributed by atoms with Crippen molar-refractivity contribution in [3.05, 3.63) is 11.6 Å². The van der Waals surface area contributed by atoms with Crippen LogP contribution in [0.15, 0.2) is 11.6 Å². The molecule has 1 aliphatic heterocycles. The fourth-order valence-electron chi connectivity index (χ4n) is 2.67. The zero-order valence-electron chi connectivity index (χ0n) is 8.67. The molecule has 3 rings (SSSR count). The van der Waals surface area contributed by atoms with Gasteiger partial charge >= 0.3 is 6.03 Å². The molecule has 2 fully saturated rings. The summed E-state index contributed by atoms with van der Waals surface area (Å²) in [5.74, 6) is 0.474. The van der Waals surface area contributed by atoms with E-state index in [4.69, 9.17) is 0 Å². The Morgan fingerprint density at radius 2 is 2.50 bits per heavy atom. The molecule has 3 atom stereocenters. The number of aliphatic hydroxyl groups excluding tert-OH is 1. The van der Waals surface area contributed by atoms with Gasteiger partial charge in [-0.3, -0.25) is 5.32 Å². The molecule has 0 unspecified atom stereocenters. The summed E-state index contributed by atoms with van der Waals surface area (Å²) in [6, 6.07) is -0.133. The molecule has 16 heavy (non-hydrogen) atoms. The lowest BCUT2D eigenvalue weighted by Gasteiger charge is -2.30. The van der Waals surface area contributed by atoms with Gasteiger partial charge in [0.15, 0.2) is 5.13 Å². The van der Waals surface area contributed by atoms with E-state index < -0.39 is 0 Å². The highest BCUT2D eigenvalue weighted by atomic mass is 32.1. The maximum atomic E-state index is 11.9. The Labute approximate surface area is 97.1 Å². The van der Waals surface area contributed by atoms with Gasteiger partial charge in [-0.15, -0.1) is 11.3 Å². The molecule has 1 aromatic heterocycles. The van der Waals surface area contributed by atoms with E-state index in [1.54, 1.807) is 11.1 Å². The summed E-state index contributed by atoms with van der Waals surface area (Å²) in [5, 5.41) is 14.9. The van der Waals surface area contributed by atoms with Crippen LogP contribution in [0, 0.1) is 5.92 Å². The molecule has 2 heterocycles. The second-order valence-electron chi connectivity index (χ2n) is 4.39. The number of aromatic nitrogens is 1.